The van der Waals surface area contributed by atoms with Crippen LogP contribution in [0.25, 0.3) is 0 Å². The molecule has 0 aliphatic heterocycles. The third kappa shape index (κ3) is 3.94. The molecule has 1 N–H and O–H groups in total. The minimum Gasteiger partial charge on any atom is -0.370 e. The van der Waals surface area contributed by atoms with Crippen LogP contribution in [0.1, 0.15) is 11.3 Å². The molecule has 0 fully saturated rings. The van der Waals surface area contributed by atoms with Crippen molar-refractivity contribution in [3.8, 4) is 0 Å². The number of hydrogen-bond acceptors (Lipinski definition) is 3. The lowest BCUT2D eigenvalue weighted by Crippen LogP contribution is -2.11. The average Bonchev–Trinajstić information content (AvgIpc) is 2.39. The van der Waals surface area contributed by atoms with Crippen molar-refractivity contribution < 1.29 is 13.2 Å². The second kappa shape index (κ2) is 5.69. The van der Waals surface area contributed by atoms with Crippen molar-refractivity contribution in [1.82, 2.24) is 9.97 Å². The predicted molar refractivity (Wildman–Crippen MR) is 65.7 cm³/mol. The first-order valence-corrected chi connectivity index (χ1v) is 5.73. The van der Waals surface area contributed by atoms with Gasteiger partial charge in [0.25, 0.3) is 0 Å². The maximum Gasteiger partial charge on any atom is 0.433 e. The first-order chi connectivity index (χ1) is 9.05. The largest absolute Gasteiger partial charge is 0.433 e. The van der Waals surface area contributed by atoms with Gasteiger partial charge in [-0.05, 0) is 36.2 Å². The zero-order chi connectivity index (χ0) is 13.7. The van der Waals surface area contributed by atoms with Crippen LogP contribution in [0.5, 0.6) is 0 Å². The van der Waals surface area contributed by atoms with Gasteiger partial charge in [-0.1, -0.05) is 6.07 Å². The average molecular weight is 267 g/mol. The predicted octanol–water partition coefficient (Wildman–Crippen LogP) is 3.15. The first-order valence-electron chi connectivity index (χ1n) is 5.73. The van der Waals surface area contributed by atoms with Gasteiger partial charge in [0.05, 0.1) is 0 Å². The third-order valence-electron chi connectivity index (χ3n) is 2.51. The molecule has 19 heavy (non-hydrogen) atoms. The fourth-order valence-electron chi connectivity index (χ4n) is 1.58. The van der Waals surface area contributed by atoms with Gasteiger partial charge in [0.15, 0.2) is 0 Å². The van der Waals surface area contributed by atoms with Crippen molar-refractivity contribution in [2.75, 3.05) is 11.9 Å². The summed E-state index contributed by atoms with van der Waals surface area (Å²) in [5, 5.41) is 2.87. The standard InChI is InChI=1S/C13H12F3N3/c14-13(15,16)11-2-1-3-12(19-11)18-9-6-10-4-7-17-8-5-10/h1-5,7-8H,6,9H2,(H,18,19). The molecule has 3 nitrogen and oxygen atoms in total. The van der Waals surface area contributed by atoms with Crippen molar-refractivity contribution in [3.63, 3.8) is 0 Å². The minimum absolute atomic E-state index is 0.226. The van der Waals surface area contributed by atoms with E-state index in [2.05, 4.69) is 15.3 Å². The summed E-state index contributed by atoms with van der Waals surface area (Å²) in [4.78, 5) is 7.42. The van der Waals surface area contributed by atoms with Crippen LogP contribution in [0, 0.1) is 0 Å². The molecule has 0 bridgehead atoms. The van der Waals surface area contributed by atoms with Gasteiger partial charge in [0, 0.05) is 18.9 Å². The lowest BCUT2D eigenvalue weighted by molar-refractivity contribution is -0.141. The molecule has 2 heterocycles. The number of hydrogen-bond donors (Lipinski definition) is 1. The Kier molecular flexibility index (Phi) is 3.99. The van der Waals surface area contributed by atoms with Crippen LogP contribution in [0.4, 0.5) is 19.0 Å². The molecular weight excluding hydrogens is 255 g/mol. The van der Waals surface area contributed by atoms with E-state index in [1.165, 1.54) is 12.1 Å². The molecule has 2 rings (SSSR count). The zero-order valence-corrected chi connectivity index (χ0v) is 9.98. The van der Waals surface area contributed by atoms with Crippen LogP contribution in [0.3, 0.4) is 0 Å². The molecule has 6 heteroatoms. The van der Waals surface area contributed by atoms with Crippen molar-refractivity contribution in [2.45, 2.75) is 12.6 Å². The number of pyridine rings is 2. The van der Waals surface area contributed by atoms with Crippen LogP contribution >= 0.6 is 0 Å². The summed E-state index contributed by atoms with van der Waals surface area (Å²) in [5.74, 6) is 0.226. The molecule has 0 spiro atoms. The van der Waals surface area contributed by atoms with Crippen LogP contribution < -0.4 is 5.32 Å². The summed E-state index contributed by atoms with van der Waals surface area (Å²) in [6.45, 7) is 0.512. The summed E-state index contributed by atoms with van der Waals surface area (Å²) in [6, 6.07) is 7.53. The highest BCUT2D eigenvalue weighted by Crippen LogP contribution is 2.28. The number of alkyl halides is 3. The summed E-state index contributed by atoms with van der Waals surface area (Å²) < 4.78 is 37.4. The molecule has 0 saturated heterocycles. The second-order valence-electron chi connectivity index (χ2n) is 3.94. The number of halogens is 3. The Hall–Kier alpha value is -2.11. The van der Waals surface area contributed by atoms with Crippen molar-refractivity contribution in [2.24, 2.45) is 0 Å². The van der Waals surface area contributed by atoms with E-state index in [-0.39, 0.29) is 5.82 Å². The molecule has 0 aliphatic rings. The van der Waals surface area contributed by atoms with Crippen molar-refractivity contribution >= 4 is 5.82 Å². The van der Waals surface area contributed by atoms with Gasteiger partial charge in [0.2, 0.25) is 0 Å². The van der Waals surface area contributed by atoms with Crippen LogP contribution in [-0.4, -0.2) is 16.5 Å². The Bertz CT molecular complexity index is 526. The molecule has 0 aromatic carbocycles. The Morgan fingerprint density at radius 1 is 1.05 bits per heavy atom. The number of nitrogens with one attached hydrogen (secondary N) is 1. The molecule has 0 unspecified atom stereocenters. The SMILES string of the molecule is FC(F)(F)c1cccc(NCCc2ccncc2)n1. The number of aromatic nitrogens is 2. The quantitative estimate of drug-likeness (QED) is 0.924. The maximum absolute atomic E-state index is 12.5. The Labute approximate surface area is 108 Å². The monoisotopic (exact) mass is 267 g/mol. The van der Waals surface area contributed by atoms with Gasteiger partial charge >= 0.3 is 6.18 Å². The molecule has 0 amide bonds. The molecule has 2 aromatic rings. The summed E-state index contributed by atoms with van der Waals surface area (Å²) >= 11 is 0. The number of nitrogens with zero attached hydrogens (tertiary/aromatic N) is 2. The summed E-state index contributed by atoms with van der Waals surface area (Å²) in [7, 11) is 0. The van der Waals surface area contributed by atoms with Gasteiger partial charge in [-0.3, -0.25) is 4.98 Å². The van der Waals surface area contributed by atoms with E-state index in [1.807, 2.05) is 12.1 Å². The third-order valence-corrected chi connectivity index (χ3v) is 2.51. The van der Waals surface area contributed by atoms with Crippen LogP contribution in [0.15, 0.2) is 42.7 Å². The smallest absolute Gasteiger partial charge is 0.370 e. The molecule has 100 valence electrons. The fraction of sp³-hybridized carbons (Fsp3) is 0.231. The molecule has 2 aromatic heterocycles. The van der Waals surface area contributed by atoms with Crippen molar-refractivity contribution in [1.29, 1.82) is 0 Å². The van der Waals surface area contributed by atoms with E-state index in [1.54, 1.807) is 12.4 Å². The normalized spacial score (nSPS) is 11.3. The summed E-state index contributed by atoms with van der Waals surface area (Å²) in [5.41, 5.74) is 0.177. The first kappa shape index (κ1) is 13.3. The van der Waals surface area contributed by atoms with E-state index >= 15 is 0 Å². The molecule has 0 atom stereocenters. The van der Waals surface area contributed by atoms with E-state index in [0.717, 1.165) is 11.6 Å². The van der Waals surface area contributed by atoms with Crippen molar-refractivity contribution in [3.05, 3.63) is 54.0 Å². The van der Waals surface area contributed by atoms with E-state index < -0.39 is 11.9 Å². The van der Waals surface area contributed by atoms with Gasteiger partial charge in [-0.2, -0.15) is 13.2 Å². The van der Waals surface area contributed by atoms with Gasteiger partial charge in [-0.15, -0.1) is 0 Å². The van der Waals surface area contributed by atoms with Crippen LogP contribution in [0.2, 0.25) is 0 Å². The van der Waals surface area contributed by atoms with E-state index in [4.69, 9.17) is 0 Å². The van der Waals surface area contributed by atoms with E-state index in [0.29, 0.717) is 13.0 Å². The van der Waals surface area contributed by atoms with Gasteiger partial charge in [-0.25, -0.2) is 4.98 Å². The highest BCUT2D eigenvalue weighted by molar-refractivity contribution is 5.36. The molecule has 0 radical (unpaired) electrons. The summed E-state index contributed by atoms with van der Waals surface area (Å²) in [6.07, 6.45) is -0.362. The minimum atomic E-state index is -4.41. The molecule has 0 saturated carbocycles. The zero-order valence-electron chi connectivity index (χ0n) is 9.98. The maximum atomic E-state index is 12.5. The van der Waals surface area contributed by atoms with Gasteiger partial charge < -0.3 is 5.32 Å². The Morgan fingerprint density at radius 2 is 1.79 bits per heavy atom. The lowest BCUT2D eigenvalue weighted by atomic mass is 10.2. The number of anilines is 1. The van der Waals surface area contributed by atoms with Crippen LogP contribution in [-0.2, 0) is 12.6 Å². The van der Waals surface area contributed by atoms with Gasteiger partial charge in [0.1, 0.15) is 11.5 Å². The highest BCUT2D eigenvalue weighted by atomic mass is 19.4. The second-order valence-corrected chi connectivity index (χ2v) is 3.94. The molecular formula is C13H12F3N3. The fourth-order valence-corrected chi connectivity index (χ4v) is 1.58. The molecule has 0 aliphatic carbocycles. The Balaban J connectivity index is 1.93. The lowest BCUT2D eigenvalue weighted by Gasteiger charge is -2.09. The highest BCUT2D eigenvalue weighted by Gasteiger charge is 2.32. The van der Waals surface area contributed by atoms with E-state index in [9.17, 15) is 13.2 Å². The Morgan fingerprint density at radius 3 is 2.47 bits per heavy atom. The topological polar surface area (TPSA) is 37.8 Å². The number of rotatable bonds is 4.